The van der Waals surface area contributed by atoms with Gasteiger partial charge in [0.2, 0.25) is 0 Å². The van der Waals surface area contributed by atoms with Crippen LogP contribution in [0.2, 0.25) is 0 Å². The lowest BCUT2D eigenvalue weighted by Gasteiger charge is -2.16. The Labute approximate surface area is 173 Å². The third-order valence-electron chi connectivity index (χ3n) is 3.84. The predicted octanol–water partition coefficient (Wildman–Crippen LogP) is 4.82. The first-order valence-corrected chi connectivity index (χ1v) is 9.04. The number of halogens is 3. The lowest BCUT2D eigenvalue weighted by atomic mass is 10.1. The van der Waals surface area contributed by atoms with Gasteiger partial charge < -0.3 is 19.1 Å². The highest BCUT2D eigenvalue weighted by Gasteiger charge is 2.16. The molecule has 30 heavy (non-hydrogen) atoms. The second-order valence-corrected chi connectivity index (χ2v) is 6.19. The number of allylic oxidation sites excluding steroid dienone is 1. The molecule has 0 bridgehead atoms. The second kappa shape index (κ2) is 11.7. The molecule has 0 atom stereocenters. The molecule has 0 fully saturated rings. The van der Waals surface area contributed by atoms with E-state index in [0.29, 0.717) is 22.9 Å². The van der Waals surface area contributed by atoms with Crippen molar-refractivity contribution in [3.05, 3.63) is 77.2 Å². The summed E-state index contributed by atoms with van der Waals surface area (Å²) in [5.74, 6) is -0.249. The highest BCUT2D eigenvalue weighted by Crippen LogP contribution is 2.22. The average molecular weight is 420 g/mol. The Morgan fingerprint density at radius 3 is 2.20 bits per heavy atom. The Morgan fingerprint density at radius 1 is 1.07 bits per heavy atom. The molecule has 2 rings (SSSR count). The summed E-state index contributed by atoms with van der Waals surface area (Å²) < 4.78 is 56.1. The van der Waals surface area contributed by atoms with Crippen LogP contribution >= 0.6 is 0 Å². The highest BCUT2D eigenvalue weighted by atomic mass is 19.1. The maximum Gasteiger partial charge on any atom is 0.192 e. The quantitative estimate of drug-likeness (QED) is 0.192. The normalized spacial score (nSPS) is 10.9. The minimum Gasteiger partial charge on any atom is -0.489 e. The zero-order valence-corrected chi connectivity index (χ0v) is 17.0. The van der Waals surface area contributed by atoms with Gasteiger partial charge in [-0.1, -0.05) is 0 Å². The Morgan fingerprint density at radius 2 is 1.67 bits per heavy atom. The zero-order valence-electron chi connectivity index (χ0n) is 17.0. The van der Waals surface area contributed by atoms with Gasteiger partial charge in [0.1, 0.15) is 35.6 Å². The van der Waals surface area contributed by atoms with Crippen molar-refractivity contribution < 1.29 is 27.4 Å². The first kappa shape index (κ1) is 23.1. The van der Waals surface area contributed by atoms with Gasteiger partial charge in [-0.15, -0.1) is 5.73 Å². The van der Waals surface area contributed by atoms with Crippen LogP contribution in [0.4, 0.5) is 13.2 Å². The van der Waals surface area contributed by atoms with E-state index in [1.807, 2.05) is 0 Å². The molecule has 0 saturated heterocycles. The fourth-order valence-corrected chi connectivity index (χ4v) is 2.42. The third-order valence-corrected chi connectivity index (χ3v) is 3.84. The first-order valence-electron chi connectivity index (χ1n) is 9.04. The Kier molecular flexibility index (Phi) is 9.00. The maximum atomic E-state index is 14.6. The van der Waals surface area contributed by atoms with Gasteiger partial charge in [-0.05, 0) is 49.4 Å². The van der Waals surface area contributed by atoms with Gasteiger partial charge in [-0.2, -0.15) is 0 Å². The number of rotatable bonds is 9. The number of hydrogen-bond donors (Lipinski definition) is 0. The van der Waals surface area contributed by atoms with E-state index in [4.69, 9.17) is 9.47 Å². The molecule has 8 heteroatoms. The van der Waals surface area contributed by atoms with E-state index >= 15 is 0 Å². The summed E-state index contributed by atoms with van der Waals surface area (Å²) in [5.41, 5.74) is 2.90. The van der Waals surface area contributed by atoms with Gasteiger partial charge in [0.05, 0.1) is 11.8 Å². The van der Waals surface area contributed by atoms with E-state index in [1.54, 1.807) is 56.3 Å². The van der Waals surface area contributed by atoms with Gasteiger partial charge in [0.15, 0.2) is 13.7 Å². The van der Waals surface area contributed by atoms with Crippen LogP contribution in [0.1, 0.15) is 18.1 Å². The maximum absolute atomic E-state index is 14.6. The molecule has 0 aromatic heterocycles. The van der Waals surface area contributed by atoms with E-state index in [9.17, 15) is 13.2 Å². The molecule has 0 radical (unpaired) electrons. The molecule has 0 unspecified atom stereocenters. The summed E-state index contributed by atoms with van der Waals surface area (Å²) in [6.07, 6.45) is 3.11. The highest BCUT2D eigenvalue weighted by molar-refractivity contribution is 5.98. The molecule has 2 aromatic carbocycles. The van der Waals surface area contributed by atoms with Crippen molar-refractivity contribution in [2.45, 2.75) is 13.5 Å². The summed E-state index contributed by atoms with van der Waals surface area (Å²) in [6.45, 7) is 0.334. The third kappa shape index (κ3) is 6.69. The number of aliphatic imine (C=N–C) groups is 1. The summed E-state index contributed by atoms with van der Waals surface area (Å²) in [6, 6.07) is 8.71. The minimum atomic E-state index is -0.939. The van der Waals surface area contributed by atoms with E-state index in [1.165, 1.54) is 18.3 Å². The topological polar surface area (TPSA) is 43.3 Å². The smallest absolute Gasteiger partial charge is 0.192 e. The zero-order chi connectivity index (χ0) is 21.9. The van der Waals surface area contributed by atoms with Crippen LogP contribution < -0.4 is 9.47 Å². The number of alkyl halides is 1. The molecule has 5 nitrogen and oxygen atoms in total. The van der Waals surface area contributed by atoms with Gasteiger partial charge in [-0.3, -0.25) is 0 Å². The van der Waals surface area contributed by atoms with Crippen molar-refractivity contribution in [2.24, 2.45) is 4.99 Å². The number of amidine groups is 1. The van der Waals surface area contributed by atoms with Crippen LogP contribution in [0.15, 0.2) is 59.4 Å². The fourth-order valence-electron chi connectivity index (χ4n) is 2.42. The Balaban J connectivity index is 2.12. The molecular weight excluding hydrogens is 397 g/mol. The average Bonchev–Trinajstić information content (AvgIpc) is 2.71. The SMILES string of the molecule is CC=C=CN=C(c1cc(F)c(COc2ccc(OCOCF)cc2)c(F)c1)N(C)C. The van der Waals surface area contributed by atoms with E-state index in [0.717, 1.165) is 0 Å². The Hall–Kier alpha value is -3.22. The summed E-state index contributed by atoms with van der Waals surface area (Å²) in [5, 5.41) is 0. The first-order chi connectivity index (χ1) is 14.5. The summed E-state index contributed by atoms with van der Waals surface area (Å²) in [4.78, 5) is 5.85. The second-order valence-electron chi connectivity index (χ2n) is 6.19. The predicted molar refractivity (Wildman–Crippen MR) is 108 cm³/mol. The van der Waals surface area contributed by atoms with E-state index in [-0.39, 0.29) is 19.0 Å². The molecule has 0 heterocycles. The molecule has 0 N–H and O–H groups in total. The molecule has 160 valence electrons. The van der Waals surface area contributed by atoms with Gasteiger partial charge in [-0.25, -0.2) is 18.2 Å². The lowest BCUT2D eigenvalue weighted by Crippen LogP contribution is -2.23. The number of ether oxygens (including phenoxy) is 3. The van der Waals surface area contributed by atoms with Crippen molar-refractivity contribution in [3.8, 4) is 11.5 Å². The standard InChI is InChI=1S/C22H23F3N2O3/c1-4-5-10-26-22(27(2)3)16-11-20(24)19(21(25)12-16)13-29-17-6-8-18(9-7-17)30-15-28-14-23/h4,6-12H,13-15H2,1-3H3. The van der Waals surface area contributed by atoms with Crippen LogP contribution in [0.3, 0.4) is 0 Å². The van der Waals surface area contributed by atoms with Gasteiger partial charge in [0, 0.05) is 19.7 Å². The van der Waals surface area contributed by atoms with Crippen LogP contribution in [0.5, 0.6) is 11.5 Å². The fraction of sp³-hybridized carbons (Fsp3) is 0.273. The van der Waals surface area contributed by atoms with Crippen molar-refractivity contribution in [2.75, 3.05) is 27.7 Å². The number of benzene rings is 2. The molecular formula is C22H23F3N2O3. The van der Waals surface area contributed by atoms with Crippen LogP contribution in [0.25, 0.3) is 0 Å². The largest absolute Gasteiger partial charge is 0.489 e. The van der Waals surface area contributed by atoms with Gasteiger partial charge in [0.25, 0.3) is 0 Å². The molecule has 0 spiro atoms. The number of nitrogens with zero attached hydrogens (tertiary/aromatic N) is 2. The van der Waals surface area contributed by atoms with Crippen molar-refractivity contribution in [1.29, 1.82) is 0 Å². The van der Waals surface area contributed by atoms with Crippen LogP contribution in [-0.2, 0) is 11.3 Å². The van der Waals surface area contributed by atoms with Crippen molar-refractivity contribution >= 4 is 5.84 Å². The van der Waals surface area contributed by atoms with Gasteiger partial charge >= 0.3 is 0 Å². The van der Waals surface area contributed by atoms with Crippen molar-refractivity contribution in [1.82, 2.24) is 4.90 Å². The molecule has 0 aliphatic rings. The van der Waals surface area contributed by atoms with Crippen molar-refractivity contribution in [3.63, 3.8) is 0 Å². The summed E-state index contributed by atoms with van der Waals surface area (Å²) >= 11 is 0. The molecule has 0 aliphatic carbocycles. The molecule has 0 saturated carbocycles. The monoisotopic (exact) mass is 420 g/mol. The molecule has 0 aliphatic heterocycles. The number of hydrogen-bond acceptors (Lipinski definition) is 4. The lowest BCUT2D eigenvalue weighted by molar-refractivity contribution is -0.0284. The Bertz CT molecular complexity index is 899. The van der Waals surface area contributed by atoms with Crippen LogP contribution in [-0.4, -0.2) is 38.5 Å². The minimum absolute atomic E-state index is 0.197. The van der Waals surface area contributed by atoms with E-state index < -0.39 is 18.5 Å². The molecule has 2 aromatic rings. The molecule has 0 amide bonds. The summed E-state index contributed by atoms with van der Waals surface area (Å²) in [7, 11) is 3.46. The van der Waals surface area contributed by atoms with Crippen LogP contribution in [0, 0.1) is 11.6 Å². The van der Waals surface area contributed by atoms with E-state index in [2.05, 4.69) is 15.5 Å².